The van der Waals surface area contributed by atoms with E-state index in [2.05, 4.69) is 67.5 Å². The van der Waals surface area contributed by atoms with E-state index < -0.39 is 0 Å². The molecule has 0 atom stereocenters. The average molecular weight is 280 g/mol. The molecule has 0 saturated heterocycles. The van der Waals surface area contributed by atoms with Crippen LogP contribution in [0.4, 0.5) is 11.4 Å². The molecule has 21 heavy (non-hydrogen) atoms. The lowest BCUT2D eigenvalue weighted by molar-refractivity contribution is 0.743. The normalized spacial score (nSPS) is 14.0. The molecule has 3 rings (SSSR count). The summed E-state index contributed by atoms with van der Waals surface area (Å²) in [7, 11) is 2.19. The molecule has 1 N–H and O–H groups in total. The summed E-state index contributed by atoms with van der Waals surface area (Å²) >= 11 is 0. The van der Waals surface area contributed by atoms with Gasteiger partial charge in [-0.1, -0.05) is 18.2 Å². The van der Waals surface area contributed by atoms with Crippen molar-refractivity contribution in [1.29, 1.82) is 0 Å². The number of hydrogen-bond donors (Lipinski definition) is 1. The van der Waals surface area contributed by atoms with Crippen molar-refractivity contribution in [2.75, 3.05) is 23.8 Å². The van der Waals surface area contributed by atoms with Crippen molar-refractivity contribution in [2.45, 2.75) is 33.2 Å². The largest absolute Gasteiger partial charge is 0.381 e. The van der Waals surface area contributed by atoms with Gasteiger partial charge in [0, 0.05) is 31.5 Å². The molecule has 2 aromatic rings. The number of rotatable bonds is 3. The zero-order valence-corrected chi connectivity index (χ0v) is 13.2. The Morgan fingerprint density at radius 2 is 1.90 bits per heavy atom. The van der Waals surface area contributed by atoms with Gasteiger partial charge >= 0.3 is 0 Å². The minimum Gasteiger partial charge on any atom is -0.381 e. The maximum atomic E-state index is 3.53. The third kappa shape index (κ3) is 3.05. The van der Waals surface area contributed by atoms with Crippen LogP contribution in [0.2, 0.25) is 0 Å². The van der Waals surface area contributed by atoms with E-state index in [-0.39, 0.29) is 0 Å². The second kappa shape index (κ2) is 5.80. The van der Waals surface area contributed by atoms with Crippen LogP contribution in [0.3, 0.4) is 0 Å². The molecule has 0 bridgehead atoms. The molecule has 0 aromatic heterocycles. The molecule has 0 unspecified atom stereocenters. The Kier molecular flexibility index (Phi) is 3.87. The van der Waals surface area contributed by atoms with Crippen molar-refractivity contribution < 1.29 is 0 Å². The lowest BCUT2D eigenvalue weighted by atomic mass is 9.99. The van der Waals surface area contributed by atoms with Crippen LogP contribution in [0.25, 0.3) is 0 Å². The van der Waals surface area contributed by atoms with Gasteiger partial charge in [-0.3, -0.25) is 0 Å². The monoisotopic (exact) mass is 280 g/mol. The van der Waals surface area contributed by atoms with Gasteiger partial charge in [-0.25, -0.2) is 0 Å². The van der Waals surface area contributed by atoms with Crippen LogP contribution < -0.4 is 10.2 Å². The minimum absolute atomic E-state index is 0.888. The quantitative estimate of drug-likeness (QED) is 0.902. The minimum atomic E-state index is 0.888. The first kappa shape index (κ1) is 14.0. The summed E-state index contributed by atoms with van der Waals surface area (Å²) in [6.45, 7) is 6.38. The van der Waals surface area contributed by atoms with Crippen molar-refractivity contribution in [3.8, 4) is 0 Å². The second-order valence-electron chi connectivity index (χ2n) is 6.14. The van der Waals surface area contributed by atoms with Gasteiger partial charge in [0.05, 0.1) is 0 Å². The second-order valence-corrected chi connectivity index (χ2v) is 6.14. The standard InChI is InChI=1S/C19H24N2/c1-14-6-8-18(11-15(14)2)20-13-16-7-9-19-17(12-16)5-4-10-21(19)3/h6-9,11-12,20H,4-5,10,13H2,1-3H3. The number of fused-ring (bicyclic) bond motifs is 1. The number of hydrogen-bond acceptors (Lipinski definition) is 2. The molecular formula is C19H24N2. The molecule has 110 valence electrons. The molecule has 0 saturated carbocycles. The maximum Gasteiger partial charge on any atom is 0.0400 e. The van der Waals surface area contributed by atoms with E-state index in [0.29, 0.717) is 0 Å². The van der Waals surface area contributed by atoms with Gasteiger partial charge in [-0.05, 0) is 67.1 Å². The van der Waals surface area contributed by atoms with Crippen molar-refractivity contribution in [3.05, 3.63) is 58.7 Å². The van der Waals surface area contributed by atoms with E-state index in [1.807, 2.05) is 0 Å². The summed E-state index contributed by atoms with van der Waals surface area (Å²) in [4.78, 5) is 2.36. The Labute approximate surface area is 127 Å². The van der Waals surface area contributed by atoms with E-state index in [9.17, 15) is 0 Å². The molecule has 0 radical (unpaired) electrons. The topological polar surface area (TPSA) is 15.3 Å². The van der Waals surface area contributed by atoms with Gasteiger partial charge in [0.1, 0.15) is 0 Å². The highest BCUT2D eigenvalue weighted by Crippen LogP contribution is 2.27. The summed E-state index contributed by atoms with van der Waals surface area (Å²) in [5.41, 5.74) is 8.14. The Bertz CT molecular complexity index is 646. The van der Waals surface area contributed by atoms with Gasteiger partial charge in [0.25, 0.3) is 0 Å². The SMILES string of the molecule is Cc1ccc(NCc2ccc3c(c2)CCCN3C)cc1C. The summed E-state index contributed by atoms with van der Waals surface area (Å²) in [5, 5.41) is 3.53. The average Bonchev–Trinajstić information content (AvgIpc) is 2.49. The fourth-order valence-corrected chi connectivity index (χ4v) is 3.00. The summed E-state index contributed by atoms with van der Waals surface area (Å²) in [6, 6.07) is 13.4. The van der Waals surface area contributed by atoms with Gasteiger partial charge in [0.15, 0.2) is 0 Å². The fraction of sp³-hybridized carbons (Fsp3) is 0.368. The van der Waals surface area contributed by atoms with Crippen molar-refractivity contribution in [1.82, 2.24) is 0 Å². The van der Waals surface area contributed by atoms with Crippen LogP contribution in [0, 0.1) is 13.8 Å². The van der Waals surface area contributed by atoms with Crippen molar-refractivity contribution in [2.24, 2.45) is 0 Å². The molecule has 1 aliphatic heterocycles. The van der Waals surface area contributed by atoms with Gasteiger partial charge in [0.2, 0.25) is 0 Å². The van der Waals surface area contributed by atoms with Crippen LogP contribution in [0.15, 0.2) is 36.4 Å². The third-order valence-corrected chi connectivity index (χ3v) is 4.50. The van der Waals surface area contributed by atoms with Gasteiger partial charge in [-0.15, -0.1) is 0 Å². The Morgan fingerprint density at radius 3 is 2.71 bits per heavy atom. The Morgan fingerprint density at radius 1 is 1.05 bits per heavy atom. The molecular weight excluding hydrogens is 256 g/mol. The first-order chi connectivity index (χ1) is 10.1. The van der Waals surface area contributed by atoms with E-state index in [1.165, 1.54) is 53.0 Å². The number of nitrogens with one attached hydrogen (secondary N) is 1. The van der Waals surface area contributed by atoms with Gasteiger partial charge in [-0.2, -0.15) is 0 Å². The van der Waals surface area contributed by atoms with Gasteiger partial charge < -0.3 is 10.2 Å². The van der Waals surface area contributed by atoms with E-state index in [1.54, 1.807) is 0 Å². The zero-order valence-electron chi connectivity index (χ0n) is 13.2. The third-order valence-electron chi connectivity index (χ3n) is 4.50. The molecule has 0 fully saturated rings. The predicted octanol–water partition coefficient (Wildman–Crippen LogP) is 4.30. The first-order valence-corrected chi connectivity index (χ1v) is 7.77. The molecule has 2 heteroatoms. The highest BCUT2D eigenvalue weighted by atomic mass is 15.1. The van der Waals surface area contributed by atoms with Crippen molar-refractivity contribution in [3.63, 3.8) is 0 Å². The zero-order chi connectivity index (χ0) is 14.8. The Hall–Kier alpha value is -1.96. The van der Waals surface area contributed by atoms with E-state index in [4.69, 9.17) is 0 Å². The highest BCUT2D eigenvalue weighted by molar-refractivity contribution is 5.57. The molecule has 0 aliphatic carbocycles. The predicted molar refractivity (Wildman–Crippen MR) is 91.3 cm³/mol. The molecule has 2 aromatic carbocycles. The molecule has 1 aliphatic rings. The maximum absolute atomic E-state index is 3.53. The molecule has 1 heterocycles. The molecule has 0 amide bonds. The van der Waals surface area contributed by atoms with Crippen LogP contribution in [-0.2, 0) is 13.0 Å². The highest BCUT2D eigenvalue weighted by Gasteiger charge is 2.13. The summed E-state index contributed by atoms with van der Waals surface area (Å²) in [5.74, 6) is 0. The smallest absolute Gasteiger partial charge is 0.0400 e. The van der Waals surface area contributed by atoms with E-state index in [0.717, 1.165) is 6.54 Å². The Balaban J connectivity index is 1.72. The number of anilines is 2. The number of nitrogens with zero attached hydrogens (tertiary/aromatic N) is 1. The fourth-order valence-electron chi connectivity index (χ4n) is 3.00. The lowest BCUT2D eigenvalue weighted by Gasteiger charge is -2.27. The van der Waals surface area contributed by atoms with Crippen LogP contribution in [0.1, 0.15) is 28.7 Å². The number of aryl methyl sites for hydroxylation is 3. The van der Waals surface area contributed by atoms with Crippen molar-refractivity contribution >= 4 is 11.4 Å². The summed E-state index contributed by atoms with van der Waals surface area (Å²) in [6.07, 6.45) is 2.47. The molecule has 2 nitrogen and oxygen atoms in total. The lowest BCUT2D eigenvalue weighted by Crippen LogP contribution is -2.24. The first-order valence-electron chi connectivity index (χ1n) is 7.77. The summed E-state index contributed by atoms with van der Waals surface area (Å²) < 4.78 is 0. The van der Waals surface area contributed by atoms with Crippen LogP contribution in [-0.4, -0.2) is 13.6 Å². The number of benzene rings is 2. The van der Waals surface area contributed by atoms with E-state index >= 15 is 0 Å². The van der Waals surface area contributed by atoms with Crippen LogP contribution >= 0.6 is 0 Å². The molecule has 0 spiro atoms. The van der Waals surface area contributed by atoms with Crippen LogP contribution in [0.5, 0.6) is 0 Å².